The van der Waals surface area contributed by atoms with Gasteiger partial charge in [0.25, 0.3) is 0 Å². The fourth-order valence-corrected chi connectivity index (χ4v) is 1.82. The fourth-order valence-electron chi connectivity index (χ4n) is 1.82. The molecule has 110 valence electrons. The smallest absolute Gasteiger partial charge is 0.410 e. The van der Waals surface area contributed by atoms with Crippen molar-refractivity contribution >= 4 is 11.9 Å². The molecule has 0 saturated carbocycles. The van der Waals surface area contributed by atoms with Crippen LogP contribution in [-0.2, 0) is 4.74 Å². The van der Waals surface area contributed by atoms with Gasteiger partial charge in [0.15, 0.2) is 0 Å². The Balaban J connectivity index is 2.36. The van der Waals surface area contributed by atoms with Gasteiger partial charge in [-0.3, -0.25) is 9.89 Å². The number of hydrogen-bond acceptors (Lipinski definition) is 4. The summed E-state index contributed by atoms with van der Waals surface area (Å²) in [4.78, 5) is 18.1. The van der Waals surface area contributed by atoms with Gasteiger partial charge >= 0.3 is 6.09 Å². The highest BCUT2D eigenvalue weighted by molar-refractivity contribution is 5.87. The lowest BCUT2D eigenvalue weighted by atomic mass is 10.2. The van der Waals surface area contributed by atoms with E-state index in [9.17, 15) is 4.79 Å². The van der Waals surface area contributed by atoms with Gasteiger partial charge in [0.05, 0.1) is 13.1 Å². The average Bonchev–Trinajstić information content (AvgIpc) is 2.33. The number of nitrogens with zero attached hydrogens (tertiary/aromatic N) is 2. The Hall–Kier alpha value is -1.26. The predicted octanol–water partition coefficient (Wildman–Crippen LogP) is 2.42. The molecule has 0 spiro atoms. The van der Waals surface area contributed by atoms with Gasteiger partial charge in [-0.25, -0.2) is 4.79 Å². The zero-order valence-electron chi connectivity index (χ0n) is 12.7. The molecule has 0 aromatic heterocycles. The first-order chi connectivity index (χ1) is 8.92. The molecule has 1 N–H and O–H groups in total. The monoisotopic (exact) mass is 269 g/mol. The normalized spacial score (nSPS) is 16.0. The van der Waals surface area contributed by atoms with Crippen molar-refractivity contribution in [2.75, 3.05) is 26.2 Å². The van der Waals surface area contributed by atoms with Crippen LogP contribution in [0, 0.1) is 0 Å². The van der Waals surface area contributed by atoms with Crippen LogP contribution in [-0.4, -0.2) is 48.6 Å². The first-order valence-electron chi connectivity index (χ1n) is 7.17. The maximum Gasteiger partial charge on any atom is 0.410 e. The Labute approximate surface area is 116 Å². The van der Waals surface area contributed by atoms with Gasteiger partial charge in [-0.1, -0.05) is 19.8 Å². The van der Waals surface area contributed by atoms with E-state index in [0.29, 0.717) is 19.6 Å². The first-order valence-corrected chi connectivity index (χ1v) is 7.17. The van der Waals surface area contributed by atoms with Crippen molar-refractivity contribution in [2.24, 2.45) is 4.99 Å². The molecule has 1 aliphatic rings. The second-order valence-corrected chi connectivity index (χ2v) is 5.86. The second kappa shape index (κ2) is 7.36. The molecule has 0 aromatic carbocycles. The molecule has 0 aliphatic carbocycles. The first kappa shape index (κ1) is 15.8. The third-order valence-electron chi connectivity index (χ3n) is 2.77. The van der Waals surface area contributed by atoms with Crippen LogP contribution in [0.2, 0.25) is 0 Å². The summed E-state index contributed by atoms with van der Waals surface area (Å²) in [5, 5.41) is 3.30. The highest BCUT2D eigenvalue weighted by atomic mass is 16.6. The Morgan fingerprint density at radius 2 is 2.16 bits per heavy atom. The van der Waals surface area contributed by atoms with Crippen LogP contribution in [0.3, 0.4) is 0 Å². The zero-order valence-corrected chi connectivity index (χ0v) is 12.7. The fraction of sp³-hybridized carbons (Fsp3) is 0.857. The van der Waals surface area contributed by atoms with Crippen LogP contribution in [0.1, 0.15) is 47.0 Å². The lowest BCUT2D eigenvalue weighted by Gasteiger charge is -2.29. The Morgan fingerprint density at radius 3 is 2.79 bits per heavy atom. The minimum absolute atomic E-state index is 0.254. The molecular weight excluding hydrogens is 242 g/mol. The number of amidine groups is 1. The summed E-state index contributed by atoms with van der Waals surface area (Å²) in [6.45, 7) is 10.6. The van der Waals surface area contributed by atoms with Crippen LogP contribution >= 0.6 is 0 Å². The minimum Gasteiger partial charge on any atom is -0.444 e. The minimum atomic E-state index is -0.444. The number of amides is 1. The molecule has 0 unspecified atom stereocenters. The van der Waals surface area contributed by atoms with Crippen molar-refractivity contribution in [2.45, 2.75) is 52.6 Å². The predicted molar refractivity (Wildman–Crippen MR) is 77.6 cm³/mol. The van der Waals surface area contributed by atoms with Crippen molar-refractivity contribution < 1.29 is 9.53 Å². The molecule has 0 atom stereocenters. The van der Waals surface area contributed by atoms with Crippen molar-refractivity contribution in [1.82, 2.24) is 10.2 Å². The van der Waals surface area contributed by atoms with E-state index < -0.39 is 5.60 Å². The Bertz CT molecular complexity index is 321. The number of unbranched alkanes of at least 4 members (excludes halogenated alkanes) is 2. The van der Waals surface area contributed by atoms with Gasteiger partial charge in [0, 0.05) is 13.1 Å². The summed E-state index contributed by atoms with van der Waals surface area (Å²) in [6, 6.07) is 0. The van der Waals surface area contributed by atoms with Crippen molar-refractivity contribution in [3.63, 3.8) is 0 Å². The quantitative estimate of drug-likeness (QED) is 0.797. The summed E-state index contributed by atoms with van der Waals surface area (Å²) >= 11 is 0. The number of ether oxygens (including phenoxy) is 1. The van der Waals surface area contributed by atoms with Crippen LogP contribution in [0.4, 0.5) is 4.79 Å². The maximum atomic E-state index is 12.0. The zero-order chi connectivity index (χ0) is 14.3. The standard InChI is InChI=1S/C14H27N3O2/c1-5-6-7-8-15-12-11-17(10-9-16-12)13(18)19-14(2,3)4/h5-11H2,1-4H3,(H,15,16). The molecular formula is C14H27N3O2. The molecule has 0 saturated heterocycles. The molecule has 19 heavy (non-hydrogen) atoms. The van der Waals surface area contributed by atoms with Crippen molar-refractivity contribution in [3.8, 4) is 0 Å². The van der Waals surface area contributed by atoms with Crippen LogP contribution in [0.5, 0.6) is 0 Å². The largest absolute Gasteiger partial charge is 0.444 e. The maximum absolute atomic E-state index is 12.0. The SMILES string of the molecule is CCCCCNC1=NCCN(C(=O)OC(C)(C)C)C1. The van der Waals surface area contributed by atoms with E-state index in [1.165, 1.54) is 12.8 Å². The van der Waals surface area contributed by atoms with E-state index in [4.69, 9.17) is 4.74 Å². The average molecular weight is 269 g/mol. The van der Waals surface area contributed by atoms with Gasteiger partial charge in [0.1, 0.15) is 11.4 Å². The van der Waals surface area contributed by atoms with E-state index in [0.717, 1.165) is 18.8 Å². The molecule has 1 heterocycles. The molecule has 0 fully saturated rings. The van der Waals surface area contributed by atoms with E-state index in [1.807, 2.05) is 20.8 Å². The lowest BCUT2D eigenvalue weighted by Crippen LogP contribution is -2.47. The van der Waals surface area contributed by atoms with Crippen molar-refractivity contribution in [1.29, 1.82) is 0 Å². The molecule has 5 nitrogen and oxygen atoms in total. The summed E-state index contributed by atoms with van der Waals surface area (Å²) in [6.07, 6.45) is 3.31. The summed E-state index contributed by atoms with van der Waals surface area (Å²) in [5.74, 6) is 0.896. The van der Waals surface area contributed by atoms with E-state index in [-0.39, 0.29) is 6.09 Å². The molecule has 1 aliphatic heterocycles. The number of nitrogens with one attached hydrogen (secondary N) is 1. The molecule has 5 heteroatoms. The van der Waals surface area contributed by atoms with Crippen LogP contribution in [0.25, 0.3) is 0 Å². The summed E-state index contributed by atoms with van der Waals surface area (Å²) in [7, 11) is 0. The molecule has 0 radical (unpaired) electrons. The number of carbonyl (C=O) groups is 1. The molecule has 0 bridgehead atoms. The highest BCUT2D eigenvalue weighted by Crippen LogP contribution is 2.10. The Kier molecular flexibility index (Phi) is 6.12. The van der Waals surface area contributed by atoms with Crippen LogP contribution in [0.15, 0.2) is 4.99 Å². The second-order valence-electron chi connectivity index (χ2n) is 5.86. The lowest BCUT2D eigenvalue weighted by molar-refractivity contribution is 0.0276. The molecule has 1 rings (SSSR count). The van der Waals surface area contributed by atoms with Gasteiger partial charge in [-0.05, 0) is 27.2 Å². The van der Waals surface area contributed by atoms with Gasteiger partial charge in [-0.2, -0.15) is 0 Å². The summed E-state index contributed by atoms with van der Waals surface area (Å²) < 4.78 is 5.37. The Morgan fingerprint density at radius 1 is 1.42 bits per heavy atom. The van der Waals surface area contributed by atoms with Gasteiger partial charge < -0.3 is 10.1 Å². The molecule has 1 amide bonds. The number of hydrogen-bond donors (Lipinski definition) is 1. The van der Waals surface area contributed by atoms with E-state index in [2.05, 4.69) is 17.2 Å². The summed E-state index contributed by atoms with van der Waals surface area (Å²) in [5.41, 5.74) is -0.444. The van der Waals surface area contributed by atoms with Crippen LogP contribution < -0.4 is 5.32 Å². The van der Waals surface area contributed by atoms with Crippen molar-refractivity contribution in [3.05, 3.63) is 0 Å². The van der Waals surface area contributed by atoms with E-state index in [1.54, 1.807) is 4.90 Å². The third-order valence-corrected chi connectivity index (χ3v) is 2.77. The number of rotatable bonds is 4. The molecule has 0 aromatic rings. The number of aliphatic imine (C=N–C) groups is 1. The van der Waals surface area contributed by atoms with Gasteiger partial charge in [-0.15, -0.1) is 0 Å². The topological polar surface area (TPSA) is 53.9 Å². The highest BCUT2D eigenvalue weighted by Gasteiger charge is 2.24. The van der Waals surface area contributed by atoms with Gasteiger partial charge in [0.2, 0.25) is 0 Å². The third kappa shape index (κ3) is 6.45. The number of carbonyl (C=O) groups excluding carboxylic acids is 1. The van der Waals surface area contributed by atoms with E-state index >= 15 is 0 Å².